The van der Waals surface area contributed by atoms with Gasteiger partial charge in [-0.05, 0) is 61.0 Å². The number of hydrogen-bond acceptors (Lipinski definition) is 5. The van der Waals surface area contributed by atoms with Crippen LogP contribution >= 0.6 is 12.2 Å². The third-order valence-electron chi connectivity index (χ3n) is 9.12. The molecule has 3 amide bonds. The van der Waals surface area contributed by atoms with E-state index in [1.54, 1.807) is 4.90 Å². The van der Waals surface area contributed by atoms with Crippen molar-refractivity contribution in [3.05, 3.63) is 108 Å². The van der Waals surface area contributed by atoms with Gasteiger partial charge in [0.15, 0.2) is 5.11 Å². The number of carbonyl (C=O) groups is 3. The summed E-state index contributed by atoms with van der Waals surface area (Å²) in [7, 11) is 0. The van der Waals surface area contributed by atoms with Crippen LogP contribution in [0.4, 0.5) is 0 Å². The molecule has 5 rings (SSSR count). The number of nitrogens with one attached hydrogen (secondary N) is 4. The molecule has 242 valence electrons. The number of hydrogen-bond donors (Lipinski definition) is 5. The summed E-state index contributed by atoms with van der Waals surface area (Å²) in [6, 6.07) is 26.9. The van der Waals surface area contributed by atoms with Gasteiger partial charge in [-0.15, -0.1) is 0 Å². The van der Waals surface area contributed by atoms with Crippen molar-refractivity contribution in [2.75, 3.05) is 6.54 Å². The molecule has 10 heteroatoms. The van der Waals surface area contributed by atoms with Crippen LogP contribution in [-0.2, 0) is 20.9 Å². The summed E-state index contributed by atoms with van der Waals surface area (Å²) in [5.41, 5.74) is 9.10. The van der Waals surface area contributed by atoms with Gasteiger partial charge in [0.25, 0.3) is 0 Å². The van der Waals surface area contributed by atoms with Crippen molar-refractivity contribution in [2.24, 2.45) is 11.7 Å². The molecule has 2 aliphatic heterocycles. The van der Waals surface area contributed by atoms with E-state index >= 15 is 0 Å². The first-order valence-electron chi connectivity index (χ1n) is 16.2. The highest BCUT2D eigenvalue weighted by Crippen LogP contribution is 2.35. The summed E-state index contributed by atoms with van der Waals surface area (Å²) in [5, 5.41) is 13.2. The minimum Gasteiger partial charge on any atom is -0.362 e. The fourth-order valence-corrected chi connectivity index (χ4v) is 6.65. The zero-order valence-electron chi connectivity index (χ0n) is 26.2. The lowest BCUT2D eigenvalue weighted by molar-refractivity contribution is -0.143. The Morgan fingerprint density at radius 2 is 1.46 bits per heavy atom. The predicted molar refractivity (Wildman–Crippen MR) is 183 cm³/mol. The van der Waals surface area contributed by atoms with E-state index in [-0.39, 0.29) is 35.7 Å². The number of rotatable bonds is 11. The molecule has 5 atom stereocenters. The maximum atomic E-state index is 14.4. The summed E-state index contributed by atoms with van der Waals surface area (Å²) in [6.45, 7) is 2.80. The van der Waals surface area contributed by atoms with E-state index in [0.717, 1.165) is 29.5 Å². The Bertz CT molecular complexity index is 1440. The molecule has 0 bridgehead atoms. The lowest BCUT2D eigenvalue weighted by Crippen LogP contribution is -2.59. The van der Waals surface area contributed by atoms with Crippen LogP contribution < -0.4 is 27.0 Å². The van der Waals surface area contributed by atoms with Gasteiger partial charge in [-0.25, -0.2) is 0 Å². The van der Waals surface area contributed by atoms with E-state index in [2.05, 4.69) is 21.3 Å². The molecule has 0 aromatic heterocycles. The highest BCUT2D eigenvalue weighted by Gasteiger charge is 2.48. The first-order chi connectivity index (χ1) is 22.4. The first-order valence-corrected chi connectivity index (χ1v) is 16.6. The van der Waals surface area contributed by atoms with Gasteiger partial charge in [0, 0.05) is 25.0 Å². The molecule has 3 aromatic rings. The molecule has 0 spiro atoms. The van der Waals surface area contributed by atoms with Gasteiger partial charge in [-0.1, -0.05) is 97.9 Å². The molecule has 9 nitrogen and oxygen atoms in total. The molecule has 2 heterocycles. The van der Waals surface area contributed by atoms with Crippen LogP contribution in [0.15, 0.2) is 91.0 Å². The van der Waals surface area contributed by atoms with Crippen molar-refractivity contribution in [1.82, 2.24) is 26.2 Å². The fraction of sp³-hybridized carbons (Fsp3) is 0.389. The zero-order chi connectivity index (χ0) is 32.5. The molecule has 2 saturated heterocycles. The molecular formula is C36H44N6O3S. The normalized spacial score (nSPS) is 21.5. The van der Waals surface area contributed by atoms with Crippen LogP contribution in [0, 0.1) is 5.92 Å². The highest BCUT2D eigenvalue weighted by atomic mass is 32.1. The molecular weight excluding hydrogens is 597 g/mol. The van der Waals surface area contributed by atoms with Crippen molar-refractivity contribution in [3.63, 3.8) is 0 Å². The fourth-order valence-electron chi connectivity index (χ4n) is 6.49. The molecule has 3 aromatic carbocycles. The maximum absolute atomic E-state index is 14.4. The molecule has 2 fully saturated rings. The molecule has 6 N–H and O–H groups in total. The predicted octanol–water partition coefficient (Wildman–Crippen LogP) is 3.55. The molecule has 0 aliphatic carbocycles. The minimum absolute atomic E-state index is 0.0949. The Kier molecular flexibility index (Phi) is 11.4. The number of benzene rings is 3. The van der Waals surface area contributed by atoms with Gasteiger partial charge in [-0.2, -0.15) is 0 Å². The number of thiocarbonyl (C=S) groups is 1. The highest BCUT2D eigenvalue weighted by molar-refractivity contribution is 7.80. The summed E-state index contributed by atoms with van der Waals surface area (Å²) in [4.78, 5) is 43.2. The van der Waals surface area contributed by atoms with Crippen LogP contribution in [-0.4, -0.2) is 58.4 Å². The van der Waals surface area contributed by atoms with Crippen molar-refractivity contribution < 1.29 is 14.4 Å². The minimum atomic E-state index is -0.841. The van der Waals surface area contributed by atoms with E-state index in [4.69, 9.17) is 18.0 Å². The first kappa shape index (κ1) is 33.1. The Morgan fingerprint density at radius 1 is 0.870 bits per heavy atom. The Hall–Kier alpha value is -4.28. The van der Waals surface area contributed by atoms with Crippen LogP contribution in [0.2, 0.25) is 0 Å². The molecule has 0 radical (unpaired) electrons. The third kappa shape index (κ3) is 8.10. The van der Waals surface area contributed by atoms with Gasteiger partial charge >= 0.3 is 0 Å². The lowest BCUT2D eigenvalue weighted by atomic mass is 9.92. The molecule has 0 saturated carbocycles. The molecule has 46 heavy (non-hydrogen) atoms. The van der Waals surface area contributed by atoms with Gasteiger partial charge in [0.05, 0.1) is 12.1 Å². The van der Waals surface area contributed by atoms with E-state index in [9.17, 15) is 14.4 Å². The van der Waals surface area contributed by atoms with E-state index in [1.165, 1.54) is 0 Å². The summed E-state index contributed by atoms with van der Waals surface area (Å²) < 4.78 is 0. The standard InChI is InChI=1S/C36H44N6O3S/c1-2-29(37)33(43)41-32-27(23-39-36(46)38-22-24-12-6-3-7-13-24)18-19-28-20-21-30(42(28)35(32)45)34(44)40-31(25-14-8-4-9-15-25)26-16-10-5-11-17-26/h3-17,27-32H,2,18-23,37H2,1H3,(H,40,44)(H,41,43)(H2,38,39,46)/t27?,28?,29-,30?,32?/m0/s1. The zero-order valence-corrected chi connectivity index (χ0v) is 27.0. The van der Waals surface area contributed by atoms with E-state index < -0.39 is 18.1 Å². The Balaban J connectivity index is 1.32. The van der Waals surface area contributed by atoms with Gasteiger partial charge in [0.2, 0.25) is 17.7 Å². The van der Waals surface area contributed by atoms with E-state index in [0.29, 0.717) is 37.5 Å². The maximum Gasteiger partial charge on any atom is 0.246 e. The second-order valence-electron chi connectivity index (χ2n) is 12.1. The largest absolute Gasteiger partial charge is 0.362 e. The number of carbonyl (C=O) groups excluding carboxylic acids is 3. The van der Waals surface area contributed by atoms with Crippen LogP contribution in [0.25, 0.3) is 0 Å². The number of nitrogens with two attached hydrogens (primary N) is 1. The van der Waals surface area contributed by atoms with Crippen molar-refractivity contribution in [1.29, 1.82) is 0 Å². The van der Waals surface area contributed by atoms with Crippen LogP contribution in [0.5, 0.6) is 0 Å². The van der Waals surface area contributed by atoms with Crippen LogP contribution in [0.1, 0.15) is 61.8 Å². The summed E-state index contributed by atoms with van der Waals surface area (Å²) >= 11 is 5.55. The van der Waals surface area contributed by atoms with Crippen molar-refractivity contribution in [2.45, 2.75) is 75.8 Å². The number of fused-ring (bicyclic) bond motifs is 1. The Labute approximate surface area is 276 Å². The third-order valence-corrected chi connectivity index (χ3v) is 9.40. The average molecular weight is 641 g/mol. The SMILES string of the molecule is CC[C@H](N)C(=O)NC1C(=O)N2C(CCC1CNC(=S)NCc1ccccc1)CCC2C(=O)NC(c1ccccc1)c1ccccc1. The number of amides is 3. The smallest absolute Gasteiger partial charge is 0.246 e. The Morgan fingerprint density at radius 3 is 2.07 bits per heavy atom. The summed E-state index contributed by atoms with van der Waals surface area (Å²) in [5.74, 6) is -1.07. The lowest BCUT2D eigenvalue weighted by Gasteiger charge is -2.33. The monoisotopic (exact) mass is 640 g/mol. The molecule has 2 aliphatic rings. The van der Waals surface area contributed by atoms with E-state index in [1.807, 2.05) is 97.9 Å². The topological polar surface area (TPSA) is 129 Å². The van der Waals surface area contributed by atoms with Gasteiger partial charge in [0.1, 0.15) is 12.1 Å². The summed E-state index contributed by atoms with van der Waals surface area (Å²) in [6.07, 6.45) is 3.13. The second kappa shape index (κ2) is 15.8. The molecule has 4 unspecified atom stereocenters. The van der Waals surface area contributed by atoms with Gasteiger partial charge < -0.3 is 31.9 Å². The average Bonchev–Trinajstić information content (AvgIpc) is 3.48. The van der Waals surface area contributed by atoms with Crippen molar-refractivity contribution >= 4 is 35.1 Å². The number of nitrogens with zero attached hydrogens (tertiary/aromatic N) is 1. The van der Waals surface area contributed by atoms with Crippen molar-refractivity contribution in [3.8, 4) is 0 Å². The van der Waals surface area contributed by atoms with Crippen LogP contribution in [0.3, 0.4) is 0 Å². The quantitative estimate of drug-likeness (QED) is 0.203. The second-order valence-corrected chi connectivity index (χ2v) is 12.6. The van der Waals surface area contributed by atoms with Gasteiger partial charge in [-0.3, -0.25) is 14.4 Å².